The SMILES string of the molecule is CCNC(=NCC1(C)COC1)NCC1(CCOC)CCC1. The second kappa shape index (κ2) is 7.45. The highest BCUT2D eigenvalue weighted by Crippen LogP contribution is 2.43. The van der Waals surface area contributed by atoms with E-state index in [1.807, 2.05) is 0 Å². The van der Waals surface area contributed by atoms with Crippen LogP contribution < -0.4 is 10.6 Å². The maximum absolute atomic E-state index is 5.29. The number of hydrogen-bond acceptors (Lipinski definition) is 3. The maximum Gasteiger partial charge on any atom is 0.191 e. The Labute approximate surface area is 128 Å². The lowest BCUT2D eigenvalue weighted by molar-refractivity contribution is -0.0945. The summed E-state index contributed by atoms with van der Waals surface area (Å²) in [6.07, 6.45) is 5.08. The molecule has 1 saturated heterocycles. The van der Waals surface area contributed by atoms with E-state index in [9.17, 15) is 0 Å². The van der Waals surface area contributed by atoms with Gasteiger partial charge in [0.2, 0.25) is 0 Å². The van der Waals surface area contributed by atoms with Crippen molar-refractivity contribution in [3.63, 3.8) is 0 Å². The van der Waals surface area contributed by atoms with Crippen molar-refractivity contribution < 1.29 is 9.47 Å². The molecule has 2 N–H and O–H groups in total. The lowest BCUT2D eigenvalue weighted by atomic mass is 9.67. The van der Waals surface area contributed by atoms with E-state index in [1.54, 1.807) is 7.11 Å². The zero-order chi connectivity index (χ0) is 15.2. The normalized spacial score (nSPS) is 23.1. The van der Waals surface area contributed by atoms with Gasteiger partial charge >= 0.3 is 0 Å². The third-order valence-corrected chi connectivity index (χ3v) is 4.75. The third kappa shape index (κ3) is 4.58. The van der Waals surface area contributed by atoms with Crippen LogP contribution in [0.2, 0.25) is 0 Å². The number of methoxy groups -OCH3 is 1. The Hall–Kier alpha value is -0.810. The van der Waals surface area contributed by atoms with Gasteiger partial charge in [-0.2, -0.15) is 0 Å². The molecule has 0 radical (unpaired) electrons. The summed E-state index contributed by atoms with van der Waals surface area (Å²) >= 11 is 0. The second-order valence-electron chi connectivity index (χ2n) is 6.95. The summed E-state index contributed by atoms with van der Waals surface area (Å²) in [4.78, 5) is 4.73. The molecule has 0 atom stereocenters. The quantitative estimate of drug-likeness (QED) is 0.530. The van der Waals surface area contributed by atoms with Gasteiger partial charge in [-0.05, 0) is 31.6 Å². The van der Waals surface area contributed by atoms with Crippen molar-refractivity contribution in [2.75, 3.05) is 46.6 Å². The predicted octanol–water partition coefficient (Wildman–Crippen LogP) is 1.78. The molecule has 1 aliphatic heterocycles. The molecule has 1 heterocycles. The Morgan fingerprint density at radius 3 is 2.52 bits per heavy atom. The van der Waals surface area contributed by atoms with Gasteiger partial charge in [0.1, 0.15) is 0 Å². The molecule has 2 aliphatic rings. The van der Waals surface area contributed by atoms with Crippen molar-refractivity contribution in [1.29, 1.82) is 0 Å². The van der Waals surface area contributed by atoms with Crippen LogP contribution in [0.1, 0.15) is 39.5 Å². The first-order valence-corrected chi connectivity index (χ1v) is 8.20. The number of hydrogen-bond donors (Lipinski definition) is 2. The van der Waals surface area contributed by atoms with Gasteiger partial charge in [-0.3, -0.25) is 4.99 Å². The molecular formula is C16H31N3O2. The van der Waals surface area contributed by atoms with Crippen molar-refractivity contribution in [2.45, 2.75) is 39.5 Å². The lowest BCUT2D eigenvalue weighted by Gasteiger charge is -2.42. The molecule has 0 bridgehead atoms. The van der Waals surface area contributed by atoms with Crippen molar-refractivity contribution in [2.24, 2.45) is 15.8 Å². The molecule has 1 aliphatic carbocycles. The molecular weight excluding hydrogens is 266 g/mol. The fourth-order valence-electron chi connectivity index (χ4n) is 2.94. The molecule has 0 unspecified atom stereocenters. The minimum atomic E-state index is 0.229. The van der Waals surface area contributed by atoms with E-state index >= 15 is 0 Å². The van der Waals surface area contributed by atoms with Crippen molar-refractivity contribution >= 4 is 5.96 Å². The number of rotatable bonds is 8. The zero-order valence-corrected chi connectivity index (χ0v) is 13.8. The average molecular weight is 297 g/mol. The van der Waals surface area contributed by atoms with Crippen LogP contribution in [0.5, 0.6) is 0 Å². The molecule has 0 aromatic rings. The molecule has 2 fully saturated rings. The standard InChI is InChI=1S/C16H31N3O2/c1-4-17-14(18-10-15(2)12-21-13-15)19-11-16(6-5-7-16)8-9-20-3/h4-13H2,1-3H3,(H2,17,18,19). The molecule has 122 valence electrons. The Morgan fingerprint density at radius 1 is 1.29 bits per heavy atom. The van der Waals surface area contributed by atoms with Gasteiger partial charge in [-0.1, -0.05) is 13.3 Å². The monoisotopic (exact) mass is 297 g/mol. The maximum atomic E-state index is 5.29. The number of guanidine groups is 1. The van der Waals surface area contributed by atoms with E-state index in [0.29, 0.717) is 5.41 Å². The molecule has 0 spiro atoms. The van der Waals surface area contributed by atoms with E-state index in [-0.39, 0.29) is 5.41 Å². The summed E-state index contributed by atoms with van der Waals surface area (Å²) in [6.45, 7) is 9.56. The minimum absolute atomic E-state index is 0.229. The van der Waals surface area contributed by atoms with Crippen LogP contribution in [0.15, 0.2) is 4.99 Å². The molecule has 1 saturated carbocycles. The molecule has 0 aromatic heterocycles. The van der Waals surface area contributed by atoms with Gasteiger partial charge in [0.25, 0.3) is 0 Å². The molecule has 5 heteroatoms. The summed E-state index contributed by atoms with van der Waals surface area (Å²) in [5.74, 6) is 0.939. The second-order valence-corrected chi connectivity index (χ2v) is 6.95. The fraction of sp³-hybridized carbons (Fsp3) is 0.938. The van der Waals surface area contributed by atoms with Crippen LogP contribution in [-0.2, 0) is 9.47 Å². The summed E-state index contributed by atoms with van der Waals surface area (Å²) in [5, 5.41) is 6.88. The minimum Gasteiger partial charge on any atom is -0.385 e. The van der Waals surface area contributed by atoms with Gasteiger partial charge in [0, 0.05) is 32.2 Å². The smallest absolute Gasteiger partial charge is 0.191 e. The molecule has 0 amide bonds. The largest absolute Gasteiger partial charge is 0.385 e. The van der Waals surface area contributed by atoms with Gasteiger partial charge in [-0.15, -0.1) is 0 Å². The number of ether oxygens (including phenoxy) is 2. The lowest BCUT2D eigenvalue weighted by Crippen LogP contribution is -2.48. The van der Waals surface area contributed by atoms with E-state index in [2.05, 4.69) is 24.5 Å². The molecule has 0 aromatic carbocycles. The highest BCUT2D eigenvalue weighted by molar-refractivity contribution is 5.79. The van der Waals surface area contributed by atoms with E-state index in [0.717, 1.165) is 51.8 Å². The first kappa shape index (κ1) is 16.6. The zero-order valence-electron chi connectivity index (χ0n) is 13.8. The molecule has 5 nitrogen and oxygen atoms in total. The average Bonchev–Trinajstić information content (AvgIpc) is 2.41. The van der Waals surface area contributed by atoms with Crippen LogP contribution in [-0.4, -0.2) is 52.5 Å². The fourth-order valence-corrected chi connectivity index (χ4v) is 2.94. The van der Waals surface area contributed by atoms with Crippen LogP contribution in [0.25, 0.3) is 0 Å². The van der Waals surface area contributed by atoms with Crippen molar-refractivity contribution in [3.05, 3.63) is 0 Å². The molecule has 2 rings (SSSR count). The van der Waals surface area contributed by atoms with Crippen molar-refractivity contribution in [3.8, 4) is 0 Å². The van der Waals surface area contributed by atoms with E-state index in [4.69, 9.17) is 14.5 Å². The van der Waals surface area contributed by atoms with Gasteiger partial charge in [0.05, 0.1) is 19.8 Å². The Bertz CT molecular complexity index is 349. The Morgan fingerprint density at radius 2 is 2.05 bits per heavy atom. The summed E-state index contributed by atoms with van der Waals surface area (Å²) < 4.78 is 10.5. The highest BCUT2D eigenvalue weighted by Gasteiger charge is 2.37. The number of nitrogens with zero attached hydrogens (tertiary/aromatic N) is 1. The van der Waals surface area contributed by atoms with Gasteiger partial charge < -0.3 is 20.1 Å². The summed E-state index contributed by atoms with van der Waals surface area (Å²) in [6, 6.07) is 0. The van der Waals surface area contributed by atoms with Gasteiger partial charge in [0.15, 0.2) is 5.96 Å². The van der Waals surface area contributed by atoms with E-state index in [1.165, 1.54) is 19.3 Å². The van der Waals surface area contributed by atoms with Crippen LogP contribution in [0, 0.1) is 10.8 Å². The van der Waals surface area contributed by atoms with Crippen LogP contribution >= 0.6 is 0 Å². The molecule has 21 heavy (non-hydrogen) atoms. The first-order chi connectivity index (χ1) is 10.1. The summed E-state index contributed by atoms with van der Waals surface area (Å²) in [7, 11) is 1.78. The highest BCUT2D eigenvalue weighted by atomic mass is 16.5. The van der Waals surface area contributed by atoms with Crippen LogP contribution in [0.3, 0.4) is 0 Å². The topological polar surface area (TPSA) is 54.9 Å². The first-order valence-electron chi connectivity index (χ1n) is 8.20. The van der Waals surface area contributed by atoms with Gasteiger partial charge in [-0.25, -0.2) is 0 Å². The number of nitrogens with one attached hydrogen (secondary N) is 2. The van der Waals surface area contributed by atoms with E-state index < -0.39 is 0 Å². The van der Waals surface area contributed by atoms with Crippen molar-refractivity contribution in [1.82, 2.24) is 10.6 Å². The Kier molecular flexibility index (Phi) is 5.88. The summed E-state index contributed by atoms with van der Waals surface area (Å²) in [5.41, 5.74) is 0.641. The van der Waals surface area contributed by atoms with Crippen LogP contribution in [0.4, 0.5) is 0 Å². The third-order valence-electron chi connectivity index (χ3n) is 4.75. The number of aliphatic imine (C=N–C) groups is 1. The predicted molar refractivity (Wildman–Crippen MR) is 85.7 cm³/mol. The Balaban J connectivity index is 1.82.